The van der Waals surface area contributed by atoms with Crippen LogP contribution in [-0.2, 0) is 34.2 Å². The SMILES string of the molecule is NS(=O)(=O)c1ccc2c(c1)CN(C(=O)CCc1cccc(Cl)c1)CC2. The van der Waals surface area contributed by atoms with Crippen molar-refractivity contribution in [1.29, 1.82) is 0 Å². The number of carbonyl (C=O) groups is 1. The minimum absolute atomic E-state index is 0.0478. The number of sulfonamides is 1. The molecule has 0 radical (unpaired) electrons. The van der Waals surface area contributed by atoms with E-state index in [4.69, 9.17) is 16.7 Å². The lowest BCUT2D eigenvalue weighted by atomic mass is 9.99. The number of halogens is 1. The van der Waals surface area contributed by atoms with Crippen LogP contribution in [0.1, 0.15) is 23.1 Å². The van der Waals surface area contributed by atoms with E-state index in [-0.39, 0.29) is 10.8 Å². The largest absolute Gasteiger partial charge is 0.338 e. The maximum absolute atomic E-state index is 12.5. The Morgan fingerprint density at radius 3 is 2.68 bits per heavy atom. The Labute approximate surface area is 152 Å². The molecule has 2 aromatic carbocycles. The first-order chi connectivity index (χ1) is 11.8. The fourth-order valence-electron chi connectivity index (χ4n) is 3.03. The highest BCUT2D eigenvalue weighted by atomic mass is 35.5. The molecule has 0 bridgehead atoms. The lowest BCUT2D eigenvalue weighted by Gasteiger charge is -2.29. The summed E-state index contributed by atoms with van der Waals surface area (Å²) < 4.78 is 23.0. The van der Waals surface area contributed by atoms with Gasteiger partial charge in [0.2, 0.25) is 15.9 Å². The topological polar surface area (TPSA) is 80.5 Å². The lowest BCUT2D eigenvalue weighted by molar-refractivity contribution is -0.132. The van der Waals surface area contributed by atoms with Gasteiger partial charge < -0.3 is 4.90 Å². The van der Waals surface area contributed by atoms with Crippen molar-refractivity contribution in [3.05, 3.63) is 64.2 Å². The van der Waals surface area contributed by atoms with Crippen molar-refractivity contribution in [3.8, 4) is 0 Å². The van der Waals surface area contributed by atoms with Gasteiger partial charge in [-0.15, -0.1) is 0 Å². The average Bonchev–Trinajstić information content (AvgIpc) is 2.58. The van der Waals surface area contributed by atoms with Crippen molar-refractivity contribution in [1.82, 2.24) is 4.90 Å². The standard InChI is InChI=1S/C18H19ClN2O3S/c19-16-3-1-2-13(10-16)4-7-18(22)21-9-8-14-5-6-17(25(20,23)24)11-15(14)12-21/h1-3,5-6,10-11H,4,7-9,12H2,(H2,20,23,24). The number of fused-ring (bicyclic) bond motifs is 1. The third kappa shape index (κ3) is 4.39. The minimum atomic E-state index is -3.74. The Bertz CT molecular complexity index is 912. The van der Waals surface area contributed by atoms with Gasteiger partial charge >= 0.3 is 0 Å². The molecule has 1 heterocycles. The van der Waals surface area contributed by atoms with Gasteiger partial charge in [0.15, 0.2) is 0 Å². The molecule has 0 spiro atoms. The van der Waals surface area contributed by atoms with Crippen molar-refractivity contribution in [2.75, 3.05) is 6.54 Å². The Balaban J connectivity index is 1.68. The Kier molecular flexibility index (Phi) is 5.13. The summed E-state index contributed by atoms with van der Waals surface area (Å²) in [6.45, 7) is 1.04. The van der Waals surface area contributed by atoms with Crippen LogP contribution < -0.4 is 5.14 Å². The van der Waals surface area contributed by atoms with E-state index in [0.29, 0.717) is 37.4 Å². The van der Waals surface area contributed by atoms with Crippen LogP contribution in [0.4, 0.5) is 0 Å². The molecular weight excluding hydrogens is 360 g/mol. The third-order valence-electron chi connectivity index (χ3n) is 4.39. The number of rotatable bonds is 4. The van der Waals surface area contributed by atoms with Gasteiger partial charge in [0, 0.05) is 24.5 Å². The van der Waals surface area contributed by atoms with Gasteiger partial charge in [0.1, 0.15) is 0 Å². The van der Waals surface area contributed by atoms with Crippen LogP contribution >= 0.6 is 11.6 Å². The molecule has 25 heavy (non-hydrogen) atoms. The molecule has 2 aromatic rings. The first kappa shape index (κ1) is 17.9. The summed E-state index contributed by atoms with van der Waals surface area (Å²) >= 11 is 5.96. The molecule has 0 saturated heterocycles. The zero-order valence-electron chi connectivity index (χ0n) is 13.6. The molecule has 132 valence electrons. The number of carbonyl (C=O) groups excluding carboxylic acids is 1. The predicted molar refractivity (Wildman–Crippen MR) is 96.7 cm³/mol. The molecule has 1 aliphatic heterocycles. The molecule has 0 saturated carbocycles. The van der Waals surface area contributed by atoms with Gasteiger partial charge in [-0.25, -0.2) is 13.6 Å². The zero-order chi connectivity index (χ0) is 18.0. The average molecular weight is 379 g/mol. The van der Waals surface area contributed by atoms with Gasteiger partial charge in [-0.3, -0.25) is 4.79 Å². The maximum Gasteiger partial charge on any atom is 0.238 e. The van der Waals surface area contributed by atoms with E-state index in [2.05, 4.69) is 0 Å². The van der Waals surface area contributed by atoms with Gasteiger partial charge in [-0.1, -0.05) is 29.8 Å². The summed E-state index contributed by atoms with van der Waals surface area (Å²) in [5.41, 5.74) is 2.93. The first-order valence-corrected chi connectivity index (χ1v) is 9.92. The summed E-state index contributed by atoms with van der Waals surface area (Å²) in [6.07, 6.45) is 1.73. The first-order valence-electron chi connectivity index (χ1n) is 8.00. The summed E-state index contributed by atoms with van der Waals surface area (Å²) in [5.74, 6) is 0.0478. The third-order valence-corrected chi connectivity index (χ3v) is 5.53. The molecule has 5 nitrogen and oxygen atoms in total. The molecule has 0 unspecified atom stereocenters. The quantitative estimate of drug-likeness (QED) is 0.887. The van der Waals surface area contributed by atoms with Crippen molar-refractivity contribution in [3.63, 3.8) is 0 Å². The second-order valence-electron chi connectivity index (χ2n) is 6.17. The second-order valence-corrected chi connectivity index (χ2v) is 8.17. The van der Waals surface area contributed by atoms with Gasteiger partial charge in [-0.05, 0) is 53.8 Å². The van der Waals surface area contributed by atoms with Crippen LogP contribution in [0, 0.1) is 0 Å². The number of hydrogen-bond donors (Lipinski definition) is 1. The van der Waals surface area contributed by atoms with E-state index in [1.54, 1.807) is 23.1 Å². The molecule has 0 atom stereocenters. The number of amides is 1. The fraction of sp³-hybridized carbons (Fsp3) is 0.278. The molecule has 3 rings (SSSR count). The number of benzene rings is 2. The molecular formula is C18H19ClN2O3S. The van der Waals surface area contributed by atoms with Crippen molar-refractivity contribution in [2.24, 2.45) is 5.14 Å². The zero-order valence-corrected chi connectivity index (χ0v) is 15.2. The summed E-state index contributed by atoms with van der Waals surface area (Å²) in [6, 6.07) is 12.3. The summed E-state index contributed by atoms with van der Waals surface area (Å²) in [4.78, 5) is 14.3. The van der Waals surface area contributed by atoms with Crippen molar-refractivity contribution < 1.29 is 13.2 Å². The smallest absolute Gasteiger partial charge is 0.238 e. The monoisotopic (exact) mass is 378 g/mol. The molecule has 1 amide bonds. The highest BCUT2D eigenvalue weighted by Gasteiger charge is 2.22. The normalized spacial score (nSPS) is 14.2. The highest BCUT2D eigenvalue weighted by molar-refractivity contribution is 7.89. The number of aryl methyl sites for hydroxylation is 1. The van der Waals surface area contributed by atoms with Crippen LogP contribution in [0.2, 0.25) is 5.02 Å². The minimum Gasteiger partial charge on any atom is -0.338 e. The molecule has 7 heteroatoms. The van der Waals surface area contributed by atoms with E-state index >= 15 is 0 Å². The second kappa shape index (κ2) is 7.15. The Hall–Kier alpha value is -1.89. The van der Waals surface area contributed by atoms with E-state index in [9.17, 15) is 13.2 Å². The molecule has 1 aliphatic rings. The molecule has 0 fully saturated rings. The molecule has 0 aromatic heterocycles. The van der Waals surface area contributed by atoms with Gasteiger partial charge in [0.25, 0.3) is 0 Å². The number of nitrogens with zero attached hydrogens (tertiary/aromatic N) is 1. The number of nitrogens with two attached hydrogens (primary N) is 1. The lowest BCUT2D eigenvalue weighted by Crippen LogP contribution is -2.36. The van der Waals surface area contributed by atoms with Crippen molar-refractivity contribution >= 4 is 27.5 Å². The maximum atomic E-state index is 12.5. The highest BCUT2D eigenvalue weighted by Crippen LogP contribution is 2.23. The van der Waals surface area contributed by atoms with E-state index in [1.165, 1.54) is 6.07 Å². The van der Waals surface area contributed by atoms with Gasteiger partial charge in [0.05, 0.1) is 4.90 Å². The van der Waals surface area contributed by atoms with Crippen LogP contribution in [0.15, 0.2) is 47.4 Å². The van der Waals surface area contributed by atoms with Crippen molar-refractivity contribution in [2.45, 2.75) is 30.7 Å². The van der Waals surface area contributed by atoms with Crippen LogP contribution in [0.5, 0.6) is 0 Å². The fourth-order valence-corrected chi connectivity index (χ4v) is 3.80. The molecule has 2 N–H and O–H groups in total. The van der Waals surface area contributed by atoms with Crippen LogP contribution in [-0.4, -0.2) is 25.8 Å². The van der Waals surface area contributed by atoms with Gasteiger partial charge in [-0.2, -0.15) is 0 Å². The van der Waals surface area contributed by atoms with E-state index in [1.807, 2.05) is 18.2 Å². The van der Waals surface area contributed by atoms with E-state index < -0.39 is 10.0 Å². The number of hydrogen-bond acceptors (Lipinski definition) is 3. The summed E-state index contributed by atoms with van der Waals surface area (Å²) in [5, 5.41) is 5.85. The summed E-state index contributed by atoms with van der Waals surface area (Å²) in [7, 11) is -3.74. The van der Waals surface area contributed by atoms with Crippen LogP contribution in [0.3, 0.4) is 0 Å². The molecule has 0 aliphatic carbocycles. The Morgan fingerprint density at radius 1 is 1.16 bits per heavy atom. The number of primary sulfonamides is 1. The predicted octanol–water partition coefficient (Wildman–Crippen LogP) is 2.50. The van der Waals surface area contributed by atoms with E-state index in [0.717, 1.165) is 16.7 Å². The Morgan fingerprint density at radius 2 is 1.96 bits per heavy atom. The van der Waals surface area contributed by atoms with Crippen LogP contribution in [0.25, 0.3) is 0 Å².